The Kier molecular flexibility index (Phi) is 3.69. The van der Waals surface area contributed by atoms with Crippen molar-refractivity contribution < 1.29 is 8.42 Å². The molecule has 0 saturated heterocycles. The quantitative estimate of drug-likeness (QED) is 0.836. The lowest BCUT2D eigenvalue weighted by Gasteiger charge is -2.15. The summed E-state index contributed by atoms with van der Waals surface area (Å²) >= 11 is 5.77. The molecular weight excluding hydrogens is 292 g/mol. The second kappa shape index (κ2) is 5.11. The molecule has 2 heterocycles. The molecule has 0 spiro atoms. The molecule has 3 N–H and O–H groups in total. The van der Waals surface area contributed by atoms with Crippen molar-refractivity contribution in [2.45, 2.75) is 11.4 Å². The molecule has 0 amide bonds. The van der Waals surface area contributed by atoms with E-state index in [1.807, 2.05) is 0 Å². The van der Waals surface area contributed by atoms with Gasteiger partial charge in [0.1, 0.15) is 22.9 Å². The normalized spacial score (nSPS) is 11.9. The zero-order chi connectivity index (χ0) is 14.0. The van der Waals surface area contributed by atoms with Gasteiger partial charge >= 0.3 is 0 Å². The van der Waals surface area contributed by atoms with Gasteiger partial charge < -0.3 is 5.73 Å². The van der Waals surface area contributed by atoms with E-state index in [2.05, 4.69) is 20.2 Å². The third-order valence-electron chi connectivity index (χ3n) is 2.39. The molecular formula is C9H11ClN6O2S. The monoisotopic (exact) mass is 302 g/mol. The largest absolute Gasteiger partial charge is 0.382 e. The summed E-state index contributed by atoms with van der Waals surface area (Å²) in [6, 6.07) is 1.26. The highest BCUT2D eigenvalue weighted by Crippen LogP contribution is 2.22. The first-order valence-corrected chi connectivity index (χ1v) is 6.94. The number of hydrogen-bond donors (Lipinski definition) is 2. The molecule has 0 atom stereocenters. The summed E-state index contributed by atoms with van der Waals surface area (Å²) in [7, 11) is -2.29. The Labute approximate surface area is 114 Å². The van der Waals surface area contributed by atoms with Crippen LogP contribution >= 0.6 is 11.6 Å². The maximum atomic E-state index is 12.2. The molecule has 0 aliphatic carbocycles. The summed E-state index contributed by atoms with van der Waals surface area (Å²) < 4.78 is 25.6. The predicted octanol–water partition coefficient (Wildman–Crippen LogP) is 0.256. The van der Waals surface area contributed by atoms with E-state index >= 15 is 0 Å². The van der Waals surface area contributed by atoms with Crippen LogP contribution in [0.15, 0.2) is 23.5 Å². The van der Waals surface area contributed by atoms with Crippen LogP contribution in [0.4, 0.5) is 5.82 Å². The average Bonchev–Trinajstić information content (AvgIpc) is 2.85. The van der Waals surface area contributed by atoms with Crippen LogP contribution in [0.3, 0.4) is 0 Å². The highest BCUT2D eigenvalue weighted by Gasteiger charge is 2.23. The maximum Gasteiger partial charge on any atom is 0.244 e. The number of H-pyrrole nitrogens is 1. The number of hydrogen-bond acceptors (Lipinski definition) is 6. The summed E-state index contributed by atoms with van der Waals surface area (Å²) in [6.45, 7) is 0.0599. The van der Waals surface area contributed by atoms with Gasteiger partial charge in [0, 0.05) is 13.2 Å². The molecule has 8 nitrogen and oxygen atoms in total. The molecule has 0 unspecified atom stereocenters. The van der Waals surface area contributed by atoms with Gasteiger partial charge in [-0.1, -0.05) is 11.6 Å². The van der Waals surface area contributed by atoms with Crippen molar-refractivity contribution in [3.05, 3.63) is 29.4 Å². The molecule has 0 bridgehead atoms. The fourth-order valence-corrected chi connectivity index (χ4v) is 2.69. The molecule has 102 valence electrons. The first kappa shape index (κ1) is 13.7. The van der Waals surface area contributed by atoms with Gasteiger partial charge in [-0.2, -0.15) is 9.40 Å². The third-order valence-corrected chi connectivity index (χ3v) is 4.46. The van der Waals surface area contributed by atoms with Crippen LogP contribution in [0.5, 0.6) is 0 Å². The average molecular weight is 303 g/mol. The highest BCUT2D eigenvalue weighted by molar-refractivity contribution is 7.89. The Morgan fingerprint density at radius 3 is 2.79 bits per heavy atom. The van der Waals surface area contributed by atoms with E-state index in [-0.39, 0.29) is 22.3 Å². The second-order valence-corrected chi connectivity index (χ2v) is 6.18. The predicted molar refractivity (Wildman–Crippen MR) is 68.7 cm³/mol. The summed E-state index contributed by atoms with van der Waals surface area (Å²) in [4.78, 5) is 7.56. The molecule has 2 rings (SSSR count). The third kappa shape index (κ3) is 2.83. The van der Waals surface area contributed by atoms with Gasteiger partial charge in [0.05, 0.1) is 11.6 Å². The Bertz CT molecular complexity index is 672. The lowest BCUT2D eigenvalue weighted by atomic mass is 10.5. The van der Waals surface area contributed by atoms with Gasteiger partial charge in [-0.25, -0.2) is 18.4 Å². The molecule has 0 aliphatic rings. The molecule has 0 aromatic carbocycles. The van der Waals surface area contributed by atoms with E-state index in [0.717, 1.165) is 10.5 Å². The van der Waals surface area contributed by atoms with Gasteiger partial charge in [0.25, 0.3) is 0 Å². The summed E-state index contributed by atoms with van der Waals surface area (Å²) in [5.74, 6) is 0.513. The topological polar surface area (TPSA) is 118 Å². The molecule has 0 aliphatic heterocycles. The molecule has 2 aromatic rings. The molecule has 19 heavy (non-hydrogen) atoms. The number of pyridine rings is 1. The molecule has 0 saturated carbocycles. The van der Waals surface area contributed by atoms with Crippen molar-refractivity contribution >= 4 is 27.4 Å². The number of nitrogens with one attached hydrogen (secondary N) is 1. The maximum absolute atomic E-state index is 12.2. The van der Waals surface area contributed by atoms with Gasteiger partial charge in [0.15, 0.2) is 0 Å². The van der Waals surface area contributed by atoms with Crippen LogP contribution in [0.25, 0.3) is 0 Å². The Morgan fingerprint density at radius 1 is 1.47 bits per heavy atom. The summed E-state index contributed by atoms with van der Waals surface area (Å²) in [5.41, 5.74) is 5.44. The number of aromatic amines is 1. The number of anilines is 1. The number of nitrogen functional groups attached to an aromatic ring is 1. The minimum Gasteiger partial charge on any atom is -0.382 e. The van der Waals surface area contributed by atoms with E-state index in [4.69, 9.17) is 17.3 Å². The lowest BCUT2D eigenvalue weighted by Crippen LogP contribution is -2.27. The van der Waals surface area contributed by atoms with Crippen LogP contribution in [-0.4, -0.2) is 39.9 Å². The van der Waals surface area contributed by atoms with Gasteiger partial charge in [-0.15, -0.1) is 0 Å². The highest BCUT2D eigenvalue weighted by atomic mass is 35.5. The standard InChI is InChI=1S/C9H11ClN6O2S/c1-16(4-8-13-5-14-15-8)19(17,18)6-2-7(10)9(11)12-3-6/h2-3,5H,4H2,1H3,(H2,11,12)(H,13,14,15). The Hall–Kier alpha value is -1.71. The van der Waals surface area contributed by atoms with E-state index in [0.29, 0.717) is 5.82 Å². The van der Waals surface area contributed by atoms with Crippen molar-refractivity contribution in [2.24, 2.45) is 0 Å². The van der Waals surface area contributed by atoms with E-state index in [9.17, 15) is 8.42 Å². The van der Waals surface area contributed by atoms with Crippen molar-refractivity contribution in [3.63, 3.8) is 0 Å². The van der Waals surface area contributed by atoms with E-state index < -0.39 is 10.0 Å². The van der Waals surface area contributed by atoms with Crippen LogP contribution in [0.2, 0.25) is 5.02 Å². The molecule has 0 radical (unpaired) electrons. The van der Waals surface area contributed by atoms with Crippen molar-refractivity contribution in [1.82, 2.24) is 24.5 Å². The number of halogens is 1. The first-order valence-electron chi connectivity index (χ1n) is 5.13. The molecule has 2 aromatic heterocycles. The molecule has 10 heteroatoms. The van der Waals surface area contributed by atoms with Crippen molar-refractivity contribution in [3.8, 4) is 0 Å². The number of nitrogens with zero attached hydrogens (tertiary/aromatic N) is 4. The van der Waals surface area contributed by atoms with Crippen molar-refractivity contribution in [1.29, 1.82) is 0 Å². The summed E-state index contributed by atoms with van der Waals surface area (Å²) in [5, 5.41) is 6.32. The lowest BCUT2D eigenvalue weighted by molar-refractivity contribution is 0.457. The Balaban J connectivity index is 2.28. The zero-order valence-electron chi connectivity index (χ0n) is 9.91. The van der Waals surface area contributed by atoms with Crippen LogP contribution in [0.1, 0.15) is 5.82 Å². The van der Waals surface area contributed by atoms with E-state index in [1.54, 1.807) is 0 Å². The summed E-state index contributed by atoms with van der Waals surface area (Å²) in [6.07, 6.45) is 2.46. The number of aromatic nitrogens is 4. The van der Waals surface area contributed by atoms with Gasteiger partial charge in [-0.3, -0.25) is 5.10 Å². The van der Waals surface area contributed by atoms with Crippen LogP contribution in [0, 0.1) is 0 Å². The first-order chi connectivity index (χ1) is 8.91. The smallest absolute Gasteiger partial charge is 0.244 e. The van der Waals surface area contributed by atoms with Crippen molar-refractivity contribution in [2.75, 3.05) is 12.8 Å². The van der Waals surface area contributed by atoms with E-state index in [1.165, 1.54) is 19.4 Å². The minimum atomic E-state index is -3.71. The zero-order valence-corrected chi connectivity index (χ0v) is 11.5. The number of nitrogens with two attached hydrogens (primary N) is 1. The van der Waals surface area contributed by atoms with Gasteiger partial charge in [-0.05, 0) is 6.07 Å². The van der Waals surface area contributed by atoms with Gasteiger partial charge in [0.2, 0.25) is 10.0 Å². The Morgan fingerprint density at radius 2 is 2.21 bits per heavy atom. The number of sulfonamides is 1. The SMILES string of the molecule is CN(Cc1ncn[nH]1)S(=O)(=O)c1cnc(N)c(Cl)c1. The number of rotatable bonds is 4. The minimum absolute atomic E-state index is 0.0336. The molecule has 0 fully saturated rings. The fraction of sp³-hybridized carbons (Fsp3) is 0.222. The van der Waals surface area contributed by atoms with Crippen LogP contribution in [-0.2, 0) is 16.6 Å². The fourth-order valence-electron chi connectivity index (χ4n) is 1.35. The second-order valence-electron chi connectivity index (χ2n) is 3.73. The van der Waals surface area contributed by atoms with Crippen LogP contribution < -0.4 is 5.73 Å².